The first-order valence-corrected chi connectivity index (χ1v) is 6.95. The molecule has 0 amide bonds. The maximum Gasteiger partial charge on any atom is 0.0674 e. The van der Waals surface area contributed by atoms with Gasteiger partial charge in [0.2, 0.25) is 0 Å². The van der Waals surface area contributed by atoms with Crippen molar-refractivity contribution in [3.8, 4) is 0 Å². The Morgan fingerprint density at radius 3 is 2.61 bits per heavy atom. The lowest BCUT2D eigenvalue weighted by molar-refractivity contribution is -0.0761. The molecule has 3 atom stereocenters. The van der Waals surface area contributed by atoms with E-state index in [1.54, 1.807) is 7.11 Å². The van der Waals surface area contributed by atoms with Crippen LogP contribution in [0.1, 0.15) is 34.6 Å². The van der Waals surface area contributed by atoms with Crippen molar-refractivity contribution in [2.75, 3.05) is 33.4 Å². The number of hydrogen-bond acceptors (Lipinski definition) is 4. The SMILES string of the molecule is COCC(CNC(C)(C)C)N1CC(C)OCC1C. The van der Waals surface area contributed by atoms with Gasteiger partial charge in [0, 0.05) is 37.8 Å². The Kier molecular flexibility index (Phi) is 6.05. The van der Waals surface area contributed by atoms with Gasteiger partial charge in [-0.05, 0) is 34.6 Å². The van der Waals surface area contributed by atoms with Crippen LogP contribution in [-0.2, 0) is 9.47 Å². The Hall–Kier alpha value is -0.160. The summed E-state index contributed by atoms with van der Waals surface area (Å²) < 4.78 is 11.1. The van der Waals surface area contributed by atoms with Crippen LogP contribution in [-0.4, -0.2) is 62.0 Å². The van der Waals surface area contributed by atoms with E-state index >= 15 is 0 Å². The van der Waals surface area contributed by atoms with Gasteiger partial charge in [-0.15, -0.1) is 0 Å². The Bertz CT molecular complexity index is 240. The van der Waals surface area contributed by atoms with Crippen LogP contribution in [0.25, 0.3) is 0 Å². The summed E-state index contributed by atoms with van der Waals surface area (Å²) in [6.45, 7) is 14.5. The highest BCUT2D eigenvalue weighted by Crippen LogP contribution is 2.15. The zero-order valence-corrected chi connectivity index (χ0v) is 12.8. The Morgan fingerprint density at radius 1 is 1.39 bits per heavy atom. The fraction of sp³-hybridized carbons (Fsp3) is 1.00. The number of morpholine rings is 1. The summed E-state index contributed by atoms with van der Waals surface area (Å²) in [5.41, 5.74) is 0.146. The summed E-state index contributed by atoms with van der Waals surface area (Å²) in [5, 5.41) is 3.58. The van der Waals surface area contributed by atoms with Crippen LogP contribution in [0, 0.1) is 0 Å². The van der Waals surface area contributed by atoms with E-state index in [0.29, 0.717) is 18.2 Å². The van der Waals surface area contributed by atoms with Crippen LogP contribution < -0.4 is 5.32 Å². The maximum absolute atomic E-state index is 5.69. The van der Waals surface area contributed by atoms with Gasteiger partial charge in [-0.3, -0.25) is 4.90 Å². The molecule has 1 rings (SSSR count). The van der Waals surface area contributed by atoms with Gasteiger partial charge < -0.3 is 14.8 Å². The van der Waals surface area contributed by atoms with Gasteiger partial charge in [-0.25, -0.2) is 0 Å². The molecule has 4 heteroatoms. The van der Waals surface area contributed by atoms with Crippen molar-refractivity contribution in [3.05, 3.63) is 0 Å². The molecule has 0 aromatic carbocycles. The van der Waals surface area contributed by atoms with Crippen molar-refractivity contribution in [2.45, 2.75) is 58.3 Å². The molecule has 1 aliphatic rings. The highest BCUT2D eigenvalue weighted by atomic mass is 16.5. The average Bonchev–Trinajstić information content (AvgIpc) is 2.26. The number of ether oxygens (including phenoxy) is 2. The van der Waals surface area contributed by atoms with Gasteiger partial charge in [0.05, 0.1) is 19.3 Å². The van der Waals surface area contributed by atoms with E-state index in [1.807, 2.05) is 0 Å². The lowest BCUT2D eigenvalue weighted by Crippen LogP contribution is -2.57. The molecular formula is C14H30N2O2. The predicted octanol–water partition coefficient (Wildman–Crippen LogP) is 1.50. The molecule has 0 radical (unpaired) electrons. The third-order valence-corrected chi connectivity index (χ3v) is 3.35. The average molecular weight is 258 g/mol. The fourth-order valence-corrected chi connectivity index (χ4v) is 2.33. The van der Waals surface area contributed by atoms with E-state index in [9.17, 15) is 0 Å². The molecule has 1 heterocycles. The van der Waals surface area contributed by atoms with Crippen molar-refractivity contribution in [1.29, 1.82) is 0 Å². The van der Waals surface area contributed by atoms with Crippen LogP contribution in [0.15, 0.2) is 0 Å². The number of nitrogens with zero attached hydrogens (tertiary/aromatic N) is 1. The topological polar surface area (TPSA) is 33.7 Å². The molecular weight excluding hydrogens is 228 g/mol. The molecule has 4 nitrogen and oxygen atoms in total. The molecule has 3 unspecified atom stereocenters. The molecule has 0 aliphatic carbocycles. The van der Waals surface area contributed by atoms with Crippen LogP contribution in [0.4, 0.5) is 0 Å². The van der Waals surface area contributed by atoms with Crippen molar-refractivity contribution in [3.63, 3.8) is 0 Å². The minimum absolute atomic E-state index is 0.146. The van der Waals surface area contributed by atoms with Gasteiger partial charge in [0.25, 0.3) is 0 Å². The van der Waals surface area contributed by atoms with Crippen LogP contribution in [0.2, 0.25) is 0 Å². The lowest BCUT2D eigenvalue weighted by Gasteiger charge is -2.42. The van der Waals surface area contributed by atoms with E-state index < -0.39 is 0 Å². The molecule has 1 fully saturated rings. The predicted molar refractivity (Wildman–Crippen MR) is 75.0 cm³/mol. The van der Waals surface area contributed by atoms with Gasteiger partial charge >= 0.3 is 0 Å². The molecule has 108 valence electrons. The minimum Gasteiger partial charge on any atom is -0.383 e. The van der Waals surface area contributed by atoms with E-state index in [2.05, 4.69) is 44.8 Å². The van der Waals surface area contributed by atoms with Gasteiger partial charge in [-0.1, -0.05) is 0 Å². The summed E-state index contributed by atoms with van der Waals surface area (Å²) in [5.74, 6) is 0. The van der Waals surface area contributed by atoms with Crippen molar-refractivity contribution in [1.82, 2.24) is 10.2 Å². The third-order valence-electron chi connectivity index (χ3n) is 3.35. The normalized spacial score (nSPS) is 28.3. The summed E-state index contributed by atoms with van der Waals surface area (Å²) in [6.07, 6.45) is 0.315. The number of methoxy groups -OCH3 is 1. The number of hydrogen-bond donors (Lipinski definition) is 1. The smallest absolute Gasteiger partial charge is 0.0674 e. The number of rotatable bonds is 5. The highest BCUT2D eigenvalue weighted by Gasteiger charge is 2.30. The van der Waals surface area contributed by atoms with E-state index in [4.69, 9.17) is 9.47 Å². The lowest BCUT2D eigenvalue weighted by atomic mass is 10.1. The zero-order chi connectivity index (χ0) is 13.8. The summed E-state index contributed by atoms with van der Waals surface area (Å²) in [7, 11) is 1.78. The van der Waals surface area contributed by atoms with E-state index in [-0.39, 0.29) is 5.54 Å². The quantitative estimate of drug-likeness (QED) is 0.810. The van der Waals surface area contributed by atoms with Crippen LogP contribution in [0.3, 0.4) is 0 Å². The first-order valence-electron chi connectivity index (χ1n) is 6.95. The molecule has 0 bridgehead atoms. The highest BCUT2D eigenvalue weighted by molar-refractivity contribution is 4.85. The molecule has 1 saturated heterocycles. The summed E-state index contributed by atoms with van der Waals surface area (Å²) in [4.78, 5) is 2.51. The van der Waals surface area contributed by atoms with E-state index in [0.717, 1.165) is 26.3 Å². The second-order valence-electron chi connectivity index (χ2n) is 6.43. The zero-order valence-electron chi connectivity index (χ0n) is 12.8. The standard InChI is InChI=1S/C14H30N2O2/c1-11-9-18-12(2)8-16(11)13(10-17-6)7-15-14(3,4)5/h11-13,15H,7-10H2,1-6H3. The second kappa shape index (κ2) is 6.85. The summed E-state index contributed by atoms with van der Waals surface area (Å²) >= 11 is 0. The van der Waals surface area contributed by atoms with Gasteiger partial charge in [-0.2, -0.15) is 0 Å². The van der Waals surface area contributed by atoms with Crippen molar-refractivity contribution < 1.29 is 9.47 Å². The minimum atomic E-state index is 0.146. The van der Waals surface area contributed by atoms with Crippen LogP contribution in [0.5, 0.6) is 0 Å². The third kappa shape index (κ3) is 5.22. The Morgan fingerprint density at radius 2 is 2.06 bits per heavy atom. The van der Waals surface area contributed by atoms with Crippen molar-refractivity contribution in [2.24, 2.45) is 0 Å². The largest absolute Gasteiger partial charge is 0.383 e. The molecule has 0 saturated carbocycles. The molecule has 0 aromatic heterocycles. The molecule has 1 N–H and O–H groups in total. The second-order valence-corrected chi connectivity index (χ2v) is 6.43. The first-order chi connectivity index (χ1) is 8.33. The molecule has 0 spiro atoms. The Balaban J connectivity index is 2.58. The molecule has 1 aliphatic heterocycles. The van der Waals surface area contributed by atoms with Gasteiger partial charge in [0.15, 0.2) is 0 Å². The number of nitrogens with one attached hydrogen (secondary N) is 1. The molecule has 18 heavy (non-hydrogen) atoms. The molecule has 0 aromatic rings. The monoisotopic (exact) mass is 258 g/mol. The summed E-state index contributed by atoms with van der Waals surface area (Å²) in [6, 6.07) is 0.874. The first kappa shape index (κ1) is 15.9. The van der Waals surface area contributed by atoms with Crippen LogP contribution >= 0.6 is 0 Å². The van der Waals surface area contributed by atoms with Crippen molar-refractivity contribution >= 4 is 0 Å². The Labute approximate surface area is 112 Å². The fourth-order valence-electron chi connectivity index (χ4n) is 2.33. The maximum atomic E-state index is 5.69. The van der Waals surface area contributed by atoms with E-state index in [1.165, 1.54) is 0 Å². The van der Waals surface area contributed by atoms with Gasteiger partial charge in [0.1, 0.15) is 0 Å².